The first-order chi connectivity index (χ1) is 13.5. The molecule has 0 radical (unpaired) electrons. The number of nitrogens with one attached hydrogen (secondary N) is 2. The third kappa shape index (κ3) is 4.26. The lowest BCUT2D eigenvalue weighted by Gasteiger charge is -2.14. The molecular formula is C18H16ClF2N5OS. The van der Waals surface area contributed by atoms with E-state index in [2.05, 4.69) is 20.0 Å². The highest BCUT2D eigenvalue weighted by atomic mass is 35.5. The predicted octanol–water partition coefficient (Wildman–Crippen LogP) is 4.68. The third-order valence-corrected chi connectivity index (χ3v) is 5.08. The highest BCUT2D eigenvalue weighted by Gasteiger charge is 2.18. The second-order valence-corrected chi connectivity index (χ2v) is 6.97. The molecule has 0 saturated carbocycles. The van der Waals surface area contributed by atoms with Gasteiger partial charge in [0.1, 0.15) is 18.0 Å². The van der Waals surface area contributed by atoms with Crippen molar-refractivity contribution < 1.29 is 13.6 Å². The van der Waals surface area contributed by atoms with Crippen LogP contribution in [0.4, 0.5) is 26.0 Å². The number of amides is 1. The standard InChI is InChI=1S/C18H16ClF2N5OS/c19-14-13(26-28-8-2-7-20)6-5-12(21)16(14)25-18(27)11-4-1-3-10-15(11)23-9-24-17(10)22/h1,3-6,9,26H,2,7-8H2,(H,25,27)(H2,22,23,24). The SMILES string of the molecule is Nc1ncnc2c(C(=O)Nc3c(F)ccc(NSCCCF)c3Cl)cccc12. The molecule has 1 aromatic heterocycles. The van der Waals surface area contributed by atoms with Crippen molar-refractivity contribution in [2.24, 2.45) is 0 Å². The maximum absolute atomic E-state index is 14.3. The number of nitrogen functional groups attached to an aromatic ring is 1. The van der Waals surface area contributed by atoms with E-state index in [1.165, 1.54) is 30.4 Å². The molecule has 6 nitrogen and oxygen atoms in total. The van der Waals surface area contributed by atoms with Crippen molar-refractivity contribution in [3.8, 4) is 0 Å². The first-order valence-electron chi connectivity index (χ1n) is 8.25. The Morgan fingerprint density at radius 1 is 1.25 bits per heavy atom. The van der Waals surface area contributed by atoms with Crippen LogP contribution in [0, 0.1) is 5.82 Å². The van der Waals surface area contributed by atoms with Gasteiger partial charge in [0.2, 0.25) is 0 Å². The average Bonchev–Trinajstić information content (AvgIpc) is 2.69. The van der Waals surface area contributed by atoms with Crippen molar-refractivity contribution >= 4 is 57.6 Å². The number of nitrogens with zero attached hydrogens (tertiary/aromatic N) is 2. The number of anilines is 3. The molecule has 146 valence electrons. The summed E-state index contributed by atoms with van der Waals surface area (Å²) in [6.07, 6.45) is 1.63. The van der Waals surface area contributed by atoms with Gasteiger partial charge in [-0.05, 0) is 30.7 Å². The average molecular weight is 424 g/mol. The molecule has 10 heteroatoms. The Morgan fingerprint density at radius 3 is 2.86 bits per heavy atom. The van der Waals surface area contributed by atoms with E-state index >= 15 is 0 Å². The van der Waals surface area contributed by atoms with E-state index in [1.54, 1.807) is 18.2 Å². The fourth-order valence-corrected chi connectivity index (χ4v) is 3.46. The Labute approximate surface area is 169 Å². The number of hydrogen-bond acceptors (Lipinski definition) is 6. The lowest BCUT2D eigenvalue weighted by molar-refractivity contribution is 0.102. The van der Waals surface area contributed by atoms with Crippen molar-refractivity contribution in [3.63, 3.8) is 0 Å². The van der Waals surface area contributed by atoms with Gasteiger partial charge in [-0.3, -0.25) is 9.18 Å². The maximum atomic E-state index is 14.3. The van der Waals surface area contributed by atoms with Crippen LogP contribution in [0.15, 0.2) is 36.7 Å². The minimum Gasteiger partial charge on any atom is -0.383 e. The summed E-state index contributed by atoms with van der Waals surface area (Å²) in [5.41, 5.74) is 6.61. The number of rotatable bonds is 7. The van der Waals surface area contributed by atoms with Crippen molar-refractivity contribution in [2.45, 2.75) is 6.42 Å². The van der Waals surface area contributed by atoms with Crippen molar-refractivity contribution in [1.29, 1.82) is 0 Å². The smallest absolute Gasteiger partial charge is 0.257 e. The van der Waals surface area contributed by atoms with Crippen LogP contribution in [0.25, 0.3) is 10.9 Å². The molecule has 0 bridgehead atoms. The highest BCUT2D eigenvalue weighted by molar-refractivity contribution is 8.00. The third-order valence-electron chi connectivity index (χ3n) is 3.83. The predicted molar refractivity (Wildman–Crippen MR) is 110 cm³/mol. The zero-order chi connectivity index (χ0) is 20.1. The molecule has 1 heterocycles. The van der Waals surface area contributed by atoms with Gasteiger partial charge in [-0.25, -0.2) is 14.4 Å². The van der Waals surface area contributed by atoms with Crippen LogP contribution in [-0.2, 0) is 0 Å². The van der Waals surface area contributed by atoms with E-state index < -0.39 is 18.4 Å². The van der Waals surface area contributed by atoms with Gasteiger partial charge in [0.15, 0.2) is 0 Å². The second-order valence-electron chi connectivity index (χ2n) is 5.69. The number of para-hydroxylation sites is 1. The minimum atomic E-state index is -0.688. The van der Waals surface area contributed by atoms with E-state index in [0.717, 1.165) is 0 Å². The quantitative estimate of drug-likeness (QED) is 0.377. The summed E-state index contributed by atoms with van der Waals surface area (Å²) < 4.78 is 29.4. The van der Waals surface area contributed by atoms with Crippen LogP contribution in [0.2, 0.25) is 5.02 Å². The number of carbonyl (C=O) groups excluding carboxylic acids is 1. The molecule has 3 rings (SSSR count). The maximum Gasteiger partial charge on any atom is 0.257 e. The molecule has 0 spiro atoms. The van der Waals surface area contributed by atoms with Gasteiger partial charge in [0.25, 0.3) is 5.91 Å². The van der Waals surface area contributed by atoms with Gasteiger partial charge in [0.05, 0.1) is 34.2 Å². The topological polar surface area (TPSA) is 92.9 Å². The minimum absolute atomic E-state index is 0.00970. The molecule has 0 aliphatic carbocycles. The number of alkyl halides is 1. The van der Waals surface area contributed by atoms with Crippen LogP contribution < -0.4 is 15.8 Å². The number of carbonyl (C=O) groups is 1. The largest absolute Gasteiger partial charge is 0.383 e. The number of halogens is 3. The Bertz CT molecular complexity index is 1020. The second kappa shape index (κ2) is 9.03. The summed E-state index contributed by atoms with van der Waals surface area (Å²) in [5.74, 6) is -0.526. The van der Waals surface area contributed by atoms with Crippen molar-refractivity contribution in [1.82, 2.24) is 9.97 Å². The lowest BCUT2D eigenvalue weighted by Crippen LogP contribution is -2.15. The van der Waals surface area contributed by atoms with Gasteiger partial charge in [0, 0.05) is 11.1 Å². The summed E-state index contributed by atoms with van der Waals surface area (Å²) in [5, 5.41) is 3.02. The summed E-state index contributed by atoms with van der Waals surface area (Å²) in [4.78, 5) is 20.7. The number of fused-ring (bicyclic) bond motifs is 1. The van der Waals surface area contributed by atoms with Crippen LogP contribution in [0.3, 0.4) is 0 Å². The van der Waals surface area contributed by atoms with E-state index in [-0.39, 0.29) is 22.1 Å². The van der Waals surface area contributed by atoms with Gasteiger partial charge in [-0.1, -0.05) is 29.6 Å². The van der Waals surface area contributed by atoms with Gasteiger partial charge in [-0.15, -0.1) is 0 Å². The highest BCUT2D eigenvalue weighted by Crippen LogP contribution is 2.34. The molecule has 4 N–H and O–H groups in total. The van der Waals surface area contributed by atoms with Gasteiger partial charge >= 0.3 is 0 Å². The number of benzene rings is 2. The Hall–Kier alpha value is -2.65. The number of nitrogens with two attached hydrogens (primary N) is 1. The fraction of sp³-hybridized carbons (Fsp3) is 0.167. The Kier molecular flexibility index (Phi) is 6.48. The first kappa shape index (κ1) is 20.1. The van der Waals surface area contributed by atoms with Gasteiger partial charge < -0.3 is 15.8 Å². The van der Waals surface area contributed by atoms with Crippen LogP contribution in [0.1, 0.15) is 16.8 Å². The van der Waals surface area contributed by atoms with E-state index in [0.29, 0.717) is 28.8 Å². The molecule has 0 fully saturated rings. The number of hydrogen-bond donors (Lipinski definition) is 3. The fourth-order valence-electron chi connectivity index (χ4n) is 2.47. The molecule has 0 aliphatic heterocycles. The number of aromatic nitrogens is 2. The van der Waals surface area contributed by atoms with Crippen molar-refractivity contribution in [2.75, 3.05) is 28.2 Å². The normalized spacial score (nSPS) is 10.8. The van der Waals surface area contributed by atoms with Crippen LogP contribution >= 0.6 is 23.5 Å². The van der Waals surface area contributed by atoms with E-state index in [9.17, 15) is 13.6 Å². The molecule has 3 aromatic rings. The summed E-state index contributed by atoms with van der Waals surface area (Å²) in [7, 11) is 0. The molecule has 1 amide bonds. The first-order valence-corrected chi connectivity index (χ1v) is 9.61. The summed E-state index contributed by atoms with van der Waals surface area (Å²) >= 11 is 7.49. The van der Waals surface area contributed by atoms with Crippen molar-refractivity contribution in [3.05, 3.63) is 53.1 Å². The zero-order valence-corrected chi connectivity index (χ0v) is 16.1. The molecule has 2 aromatic carbocycles. The van der Waals surface area contributed by atoms with E-state index in [1.807, 2.05) is 0 Å². The molecule has 0 saturated heterocycles. The molecule has 28 heavy (non-hydrogen) atoms. The monoisotopic (exact) mass is 423 g/mol. The molecular weight excluding hydrogens is 408 g/mol. The summed E-state index contributed by atoms with van der Waals surface area (Å²) in [6, 6.07) is 7.50. The van der Waals surface area contributed by atoms with E-state index in [4.69, 9.17) is 17.3 Å². The molecule has 0 unspecified atom stereocenters. The molecule has 0 atom stereocenters. The Balaban J connectivity index is 1.87. The molecule has 0 aliphatic rings. The lowest BCUT2D eigenvalue weighted by atomic mass is 10.1. The van der Waals surface area contributed by atoms with Crippen LogP contribution in [0.5, 0.6) is 0 Å². The zero-order valence-electron chi connectivity index (χ0n) is 14.5. The Morgan fingerprint density at radius 2 is 2.07 bits per heavy atom. The van der Waals surface area contributed by atoms with Gasteiger partial charge in [-0.2, -0.15) is 0 Å². The summed E-state index contributed by atoms with van der Waals surface area (Å²) in [6.45, 7) is -0.424. The van der Waals surface area contributed by atoms with Crippen LogP contribution in [-0.4, -0.2) is 28.3 Å².